The van der Waals surface area contributed by atoms with Gasteiger partial charge in [-0.2, -0.15) is 5.26 Å². The number of carbonyl (C=O) groups excluding carboxylic acids is 1. The van der Waals surface area contributed by atoms with Gasteiger partial charge in [0.1, 0.15) is 11.6 Å². The maximum Gasteiger partial charge on any atom is 0.323 e. The molecule has 88 valence electrons. The number of carbonyl (C=O) groups is 1. The highest BCUT2D eigenvalue weighted by atomic mass is 16.6. The molecule has 1 aromatic rings. The van der Waals surface area contributed by atoms with Gasteiger partial charge >= 0.3 is 5.69 Å². The van der Waals surface area contributed by atoms with Crippen molar-refractivity contribution in [2.45, 2.75) is 13.8 Å². The highest BCUT2D eigenvalue weighted by molar-refractivity contribution is 5.99. The molecule has 0 N–H and O–H groups in total. The second-order valence-corrected chi connectivity index (χ2v) is 3.20. The Labute approximate surface area is 97.6 Å². The van der Waals surface area contributed by atoms with Gasteiger partial charge < -0.3 is 4.74 Å². The van der Waals surface area contributed by atoms with Crippen LogP contribution >= 0.6 is 0 Å². The molecule has 0 saturated carbocycles. The summed E-state index contributed by atoms with van der Waals surface area (Å²) in [6.07, 6.45) is 0. The molecule has 1 aromatic carbocycles. The molecule has 0 amide bonds. The van der Waals surface area contributed by atoms with Crippen LogP contribution in [0.5, 0.6) is 5.75 Å². The Hall–Kier alpha value is -2.42. The number of ketones is 1. The van der Waals surface area contributed by atoms with E-state index in [9.17, 15) is 14.9 Å². The number of nitro groups is 1. The predicted molar refractivity (Wildman–Crippen MR) is 59.0 cm³/mol. The van der Waals surface area contributed by atoms with Crippen LogP contribution < -0.4 is 4.74 Å². The summed E-state index contributed by atoms with van der Waals surface area (Å²) in [5.41, 5.74) is -0.459. The molecule has 0 saturated heterocycles. The maximum atomic E-state index is 11.3. The van der Waals surface area contributed by atoms with Gasteiger partial charge in [0.2, 0.25) is 5.75 Å². The van der Waals surface area contributed by atoms with Gasteiger partial charge in [-0.3, -0.25) is 14.9 Å². The fourth-order valence-electron chi connectivity index (χ4n) is 1.42. The number of nitriles is 1. The molecule has 17 heavy (non-hydrogen) atoms. The first-order chi connectivity index (χ1) is 8.02. The third kappa shape index (κ3) is 2.39. The first-order valence-electron chi connectivity index (χ1n) is 4.88. The van der Waals surface area contributed by atoms with Gasteiger partial charge in [0.05, 0.1) is 17.1 Å². The number of nitrogens with zero attached hydrogens (tertiary/aromatic N) is 2. The molecular formula is C11H10N2O4. The van der Waals surface area contributed by atoms with Crippen molar-refractivity contribution in [1.82, 2.24) is 0 Å². The summed E-state index contributed by atoms with van der Waals surface area (Å²) < 4.78 is 5.09. The van der Waals surface area contributed by atoms with Gasteiger partial charge in [-0.05, 0) is 26.0 Å². The standard InChI is InChI=1S/C11H10N2O4/c1-3-17-11-8(6-12)4-5-9(7(2)14)10(11)13(15)16/h4-5H,3H2,1-2H3. The molecule has 1 rings (SSSR count). The number of ether oxygens (including phenoxy) is 1. The Morgan fingerprint density at radius 2 is 2.24 bits per heavy atom. The van der Waals surface area contributed by atoms with E-state index in [4.69, 9.17) is 10.00 Å². The molecule has 0 spiro atoms. The van der Waals surface area contributed by atoms with E-state index in [0.29, 0.717) is 0 Å². The van der Waals surface area contributed by atoms with E-state index in [1.807, 2.05) is 0 Å². The summed E-state index contributed by atoms with van der Waals surface area (Å²) in [4.78, 5) is 21.5. The van der Waals surface area contributed by atoms with Crippen LogP contribution in [0.2, 0.25) is 0 Å². The van der Waals surface area contributed by atoms with Crippen LogP contribution in [0, 0.1) is 21.4 Å². The van der Waals surface area contributed by atoms with E-state index in [0.717, 1.165) is 0 Å². The van der Waals surface area contributed by atoms with Gasteiger partial charge in [0, 0.05) is 0 Å². The van der Waals surface area contributed by atoms with E-state index < -0.39 is 16.4 Å². The molecule has 6 heteroatoms. The number of nitro benzene ring substituents is 1. The molecule has 0 unspecified atom stereocenters. The Morgan fingerprint density at radius 3 is 2.65 bits per heavy atom. The molecule has 0 aliphatic heterocycles. The molecule has 0 heterocycles. The minimum Gasteiger partial charge on any atom is -0.486 e. The van der Waals surface area contributed by atoms with Crippen molar-refractivity contribution in [2.75, 3.05) is 6.61 Å². The summed E-state index contributed by atoms with van der Waals surface area (Å²) in [5.74, 6) is -0.588. The van der Waals surface area contributed by atoms with Crippen molar-refractivity contribution in [3.63, 3.8) is 0 Å². The van der Waals surface area contributed by atoms with Crippen LogP contribution in [0.4, 0.5) is 5.69 Å². The minimum absolute atomic E-state index is 0.0450. The molecule has 0 aliphatic carbocycles. The lowest BCUT2D eigenvalue weighted by Gasteiger charge is -2.08. The first-order valence-corrected chi connectivity index (χ1v) is 4.88. The molecular weight excluding hydrogens is 224 g/mol. The first kappa shape index (κ1) is 12.6. The summed E-state index contributed by atoms with van der Waals surface area (Å²) in [6, 6.07) is 4.41. The van der Waals surface area contributed by atoms with Crippen LogP contribution in [0.25, 0.3) is 0 Å². The lowest BCUT2D eigenvalue weighted by molar-refractivity contribution is -0.386. The summed E-state index contributed by atoms with van der Waals surface area (Å²) in [6.45, 7) is 3.05. The second-order valence-electron chi connectivity index (χ2n) is 3.20. The quantitative estimate of drug-likeness (QED) is 0.451. The van der Waals surface area contributed by atoms with E-state index in [2.05, 4.69) is 0 Å². The van der Waals surface area contributed by atoms with Crippen molar-refractivity contribution < 1.29 is 14.5 Å². The Bertz CT molecular complexity index is 517. The molecule has 0 atom stereocenters. The van der Waals surface area contributed by atoms with Crippen molar-refractivity contribution in [3.05, 3.63) is 33.4 Å². The zero-order chi connectivity index (χ0) is 13.0. The Morgan fingerprint density at radius 1 is 1.59 bits per heavy atom. The molecule has 6 nitrogen and oxygen atoms in total. The number of benzene rings is 1. The molecule has 0 fully saturated rings. The van der Waals surface area contributed by atoms with Crippen molar-refractivity contribution in [2.24, 2.45) is 0 Å². The summed E-state index contributed by atoms with van der Waals surface area (Å²) in [5, 5.41) is 19.8. The smallest absolute Gasteiger partial charge is 0.323 e. The minimum atomic E-state index is -0.706. The topological polar surface area (TPSA) is 93.2 Å². The Balaban J connectivity index is 3.60. The second kappa shape index (κ2) is 5.07. The van der Waals surface area contributed by atoms with Crippen LogP contribution in [-0.4, -0.2) is 17.3 Å². The van der Waals surface area contributed by atoms with E-state index in [1.165, 1.54) is 19.1 Å². The highest BCUT2D eigenvalue weighted by Gasteiger charge is 2.26. The maximum absolute atomic E-state index is 11.3. The van der Waals surface area contributed by atoms with Gasteiger partial charge in [-0.15, -0.1) is 0 Å². The number of Topliss-reactive ketones (excluding diaryl/α,β-unsaturated/α-hetero) is 1. The monoisotopic (exact) mass is 234 g/mol. The predicted octanol–water partition coefficient (Wildman–Crippen LogP) is 2.07. The van der Waals surface area contributed by atoms with Crippen LogP contribution in [0.1, 0.15) is 29.8 Å². The fourth-order valence-corrected chi connectivity index (χ4v) is 1.42. The van der Waals surface area contributed by atoms with Crippen molar-refractivity contribution in [3.8, 4) is 11.8 Å². The van der Waals surface area contributed by atoms with Crippen LogP contribution in [-0.2, 0) is 0 Å². The zero-order valence-corrected chi connectivity index (χ0v) is 9.39. The fraction of sp³-hybridized carbons (Fsp3) is 0.273. The third-order valence-electron chi connectivity index (χ3n) is 2.10. The zero-order valence-electron chi connectivity index (χ0n) is 9.39. The van der Waals surface area contributed by atoms with E-state index in [1.54, 1.807) is 13.0 Å². The lowest BCUT2D eigenvalue weighted by atomic mass is 10.1. The average Bonchev–Trinajstić information content (AvgIpc) is 2.28. The molecule has 0 aromatic heterocycles. The summed E-state index contributed by atoms with van der Waals surface area (Å²) >= 11 is 0. The molecule has 0 radical (unpaired) electrons. The number of rotatable bonds is 4. The average molecular weight is 234 g/mol. The lowest BCUT2D eigenvalue weighted by Crippen LogP contribution is -2.05. The third-order valence-corrected chi connectivity index (χ3v) is 2.10. The highest BCUT2D eigenvalue weighted by Crippen LogP contribution is 2.34. The number of hydrogen-bond donors (Lipinski definition) is 0. The van der Waals surface area contributed by atoms with Crippen LogP contribution in [0.3, 0.4) is 0 Å². The van der Waals surface area contributed by atoms with Gasteiger partial charge in [0.15, 0.2) is 5.78 Å². The number of hydrogen-bond acceptors (Lipinski definition) is 5. The van der Waals surface area contributed by atoms with Crippen LogP contribution in [0.15, 0.2) is 12.1 Å². The SMILES string of the molecule is CCOc1c(C#N)ccc(C(C)=O)c1[N+](=O)[O-]. The van der Waals surface area contributed by atoms with Crippen molar-refractivity contribution >= 4 is 11.5 Å². The molecule has 0 aliphatic rings. The normalized spacial score (nSPS) is 9.47. The molecule has 0 bridgehead atoms. The Kier molecular flexibility index (Phi) is 3.78. The van der Waals surface area contributed by atoms with Gasteiger partial charge in [-0.25, -0.2) is 0 Å². The van der Waals surface area contributed by atoms with Crippen molar-refractivity contribution in [1.29, 1.82) is 5.26 Å². The van der Waals surface area contributed by atoms with E-state index in [-0.39, 0.29) is 23.5 Å². The van der Waals surface area contributed by atoms with Gasteiger partial charge in [0.25, 0.3) is 0 Å². The van der Waals surface area contributed by atoms with Gasteiger partial charge in [-0.1, -0.05) is 0 Å². The largest absolute Gasteiger partial charge is 0.486 e. The summed E-state index contributed by atoms with van der Waals surface area (Å²) in [7, 11) is 0. The van der Waals surface area contributed by atoms with E-state index >= 15 is 0 Å².